The Morgan fingerprint density at radius 3 is 2.94 bits per heavy atom. The van der Waals surface area contributed by atoms with Gasteiger partial charge in [-0.05, 0) is 6.42 Å². The minimum atomic E-state index is -0.878. The molecular weight excluding hydrogens is 216 g/mol. The molecule has 1 fully saturated rings. The van der Waals surface area contributed by atoms with Crippen LogP contribution in [0.15, 0.2) is 11.4 Å². The minimum Gasteiger partial charge on any atom is -0.385 e. The van der Waals surface area contributed by atoms with Crippen LogP contribution >= 0.6 is 0 Å². The molecule has 0 aromatic heterocycles. The average molecular weight is 232 g/mol. The Morgan fingerprint density at radius 1 is 1.59 bits per heavy atom. The molecule has 2 aliphatic rings. The fraction of sp³-hybridized carbons (Fsp3) is 0.667. The van der Waals surface area contributed by atoms with Gasteiger partial charge in [-0.3, -0.25) is 0 Å². The molecule has 5 heteroatoms. The van der Waals surface area contributed by atoms with Crippen molar-refractivity contribution in [2.75, 3.05) is 0 Å². The topological polar surface area (TPSA) is 94.9 Å². The smallest absolute Gasteiger partial charge is 0.153 e. The summed E-state index contributed by atoms with van der Waals surface area (Å²) in [7, 11) is 0. The second-order valence-corrected chi connectivity index (χ2v) is 4.61. The van der Waals surface area contributed by atoms with E-state index in [0.29, 0.717) is 12.0 Å². The summed E-state index contributed by atoms with van der Waals surface area (Å²) in [5.41, 5.74) is 5.16. The van der Waals surface area contributed by atoms with Crippen molar-refractivity contribution in [1.29, 1.82) is 10.5 Å². The van der Waals surface area contributed by atoms with Crippen LogP contribution < -0.4 is 11.1 Å². The van der Waals surface area contributed by atoms with E-state index in [2.05, 4.69) is 18.3 Å². The average Bonchev–Trinajstić information content (AvgIpc) is 2.78. The summed E-state index contributed by atoms with van der Waals surface area (Å²) < 4.78 is 5.78. The molecule has 3 unspecified atom stereocenters. The van der Waals surface area contributed by atoms with E-state index in [1.165, 1.54) is 0 Å². The summed E-state index contributed by atoms with van der Waals surface area (Å²) in [5, 5.41) is 21.4. The maximum Gasteiger partial charge on any atom is 0.153 e. The number of nitrogens with two attached hydrogens (primary N) is 1. The van der Waals surface area contributed by atoms with Gasteiger partial charge < -0.3 is 15.8 Å². The van der Waals surface area contributed by atoms with Crippen molar-refractivity contribution in [3.8, 4) is 12.1 Å². The summed E-state index contributed by atoms with van der Waals surface area (Å²) in [6, 6.07) is 4.27. The van der Waals surface area contributed by atoms with Gasteiger partial charge in [0.15, 0.2) is 6.23 Å². The van der Waals surface area contributed by atoms with E-state index in [4.69, 9.17) is 15.7 Å². The van der Waals surface area contributed by atoms with Crippen LogP contribution in [0.1, 0.15) is 32.6 Å². The molecule has 2 aliphatic heterocycles. The van der Waals surface area contributed by atoms with E-state index in [0.717, 1.165) is 19.3 Å². The quantitative estimate of drug-likeness (QED) is 0.759. The first-order chi connectivity index (χ1) is 8.17. The van der Waals surface area contributed by atoms with Crippen molar-refractivity contribution < 1.29 is 4.74 Å². The molecular formula is C12H16N4O. The van der Waals surface area contributed by atoms with Crippen LogP contribution in [0.4, 0.5) is 0 Å². The predicted octanol–water partition coefficient (Wildman–Crippen LogP) is 1.10. The highest BCUT2D eigenvalue weighted by Crippen LogP contribution is 2.47. The predicted molar refractivity (Wildman–Crippen MR) is 60.8 cm³/mol. The Hall–Kier alpha value is -1.72. The highest BCUT2D eigenvalue weighted by molar-refractivity contribution is 5.45. The van der Waals surface area contributed by atoms with Gasteiger partial charge in [0.05, 0.1) is 17.7 Å². The molecule has 17 heavy (non-hydrogen) atoms. The van der Waals surface area contributed by atoms with Crippen molar-refractivity contribution in [2.24, 2.45) is 11.1 Å². The first-order valence-corrected chi connectivity index (χ1v) is 5.91. The number of hydrogen-bond acceptors (Lipinski definition) is 5. The van der Waals surface area contributed by atoms with E-state index in [1.54, 1.807) is 0 Å². The summed E-state index contributed by atoms with van der Waals surface area (Å²) in [4.78, 5) is 0. The summed E-state index contributed by atoms with van der Waals surface area (Å²) >= 11 is 0. The zero-order chi connectivity index (χ0) is 12.5. The molecule has 5 nitrogen and oxygen atoms in total. The Labute approximate surface area is 101 Å². The number of nitrogens with zero attached hydrogens (tertiary/aromatic N) is 2. The van der Waals surface area contributed by atoms with Crippen LogP contribution in [0.5, 0.6) is 0 Å². The van der Waals surface area contributed by atoms with Crippen LogP contribution in [0.3, 0.4) is 0 Å². The molecule has 0 bridgehead atoms. The Kier molecular flexibility index (Phi) is 2.95. The second kappa shape index (κ2) is 4.27. The van der Waals surface area contributed by atoms with E-state index >= 15 is 0 Å². The summed E-state index contributed by atoms with van der Waals surface area (Å²) in [6.07, 6.45) is 3.25. The number of rotatable bonds is 3. The Balaban J connectivity index is 2.21. The normalized spacial score (nSPS) is 35.0. The molecule has 0 radical (unpaired) electrons. The molecule has 2 rings (SSSR count). The van der Waals surface area contributed by atoms with Crippen molar-refractivity contribution in [3.63, 3.8) is 0 Å². The third kappa shape index (κ3) is 1.64. The van der Waals surface area contributed by atoms with E-state index in [9.17, 15) is 5.26 Å². The van der Waals surface area contributed by atoms with Gasteiger partial charge in [-0.15, -0.1) is 0 Å². The maximum absolute atomic E-state index is 9.38. The van der Waals surface area contributed by atoms with E-state index in [-0.39, 0.29) is 11.9 Å². The van der Waals surface area contributed by atoms with Gasteiger partial charge in [-0.2, -0.15) is 10.5 Å². The van der Waals surface area contributed by atoms with Gasteiger partial charge in [0.2, 0.25) is 0 Å². The Morgan fingerprint density at radius 2 is 2.35 bits per heavy atom. The molecule has 0 saturated carbocycles. The molecule has 0 aromatic carbocycles. The largest absolute Gasteiger partial charge is 0.385 e. The molecule has 0 amide bonds. The zero-order valence-electron chi connectivity index (χ0n) is 9.86. The van der Waals surface area contributed by atoms with Crippen molar-refractivity contribution in [2.45, 2.75) is 44.9 Å². The van der Waals surface area contributed by atoms with Gasteiger partial charge in [-0.1, -0.05) is 19.8 Å². The highest BCUT2D eigenvalue weighted by atomic mass is 16.5. The zero-order valence-corrected chi connectivity index (χ0v) is 9.86. The molecule has 3 N–H and O–H groups in total. The number of nitrogens with one attached hydrogen (secondary N) is 1. The highest BCUT2D eigenvalue weighted by Gasteiger charge is 2.56. The number of hydrogen-bond donors (Lipinski definition) is 2. The van der Waals surface area contributed by atoms with Crippen LogP contribution in [0, 0.1) is 28.1 Å². The molecule has 1 saturated heterocycles. The number of nitriles is 2. The van der Waals surface area contributed by atoms with Crippen molar-refractivity contribution >= 4 is 0 Å². The molecule has 90 valence electrons. The fourth-order valence-corrected chi connectivity index (χ4v) is 2.59. The lowest BCUT2D eigenvalue weighted by atomic mass is 9.79. The van der Waals surface area contributed by atoms with Crippen LogP contribution in [0.2, 0.25) is 0 Å². The maximum atomic E-state index is 9.38. The summed E-state index contributed by atoms with van der Waals surface area (Å²) in [5.74, 6) is 0.285. The lowest BCUT2D eigenvalue weighted by Gasteiger charge is -2.17. The molecule has 0 spiro atoms. The second-order valence-electron chi connectivity index (χ2n) is 4.61. The fourth-order valence-electron chi connectivity index (χ4n) is 2.59. The number of ether oxygens (including phenoxy) is 1. The van der Waals surface area contributed by atoms with Crippen molar-refractivity contribution in [3.05, 3.63) is 11.4 Å². The van der Waals surface area contributed by atoms with Gasteiger partial charge in [0, 0.05) is 6.42 Å². The monoisotopic (exact) mass is 232 g/mol. The van der Waals surface area contributed by atoms with E-state index in [1.807, 2.05) is 6.07 Å². The standard InChI is InChI=1S/C12H16N4O/c1-2-3-4-8-5-12(7-14)9(6-13)10(15)16-11(12)17-8/h8,11,16H,2-5,15H2,1H3. The molecule has 0 aliphatic carbocycles. The van der Waals surface area contributed by atoms with Crippen LogP contribution in [-0.2, 0) is 4.74 Å². The molecule has 0 aromatic rings. The van der Waals surface area contributed by atoms with Crippen molar-refractivity contribution in [1.82, 2.24) is 5.32 Å². The van der Waals surface area contributed by atoms with Gasteiger partial charge in [-0.25, -0.2) is 0 Å². The first kappa shape index (κ1) is 11.8. The lowest BCUT2D eigenvalue weighted by Crippen LogP contribution is -2.35. The van der Waals surface area contributed by atoms with E-state index < -0.39 is 11.6 Å². The van der Waals surface area contributed by atoms with Gasteiger partial charge >= 0.3 is 0 Å². The minimum absolute atomic E-state index is 0.0450. The van der Waals surface area contributed by atoms with Gasteiger partial charge in [0.25, 0.3) is 0 Å². The SMILES string of the molecule is CCCCC1CC2(C#N)C(C#N)=C(N)NC2O1. The number of unbranched alkanes of at least 4 members (excludes halogenated alkanes) is 1. The van der Waals surface area contributed by atoms with Crippen LogP contribution in [0.25, 0.3) is 0 Å². The molecule has 3 atom stereocenters. The third-order valence-electron chi connectivity index (χ3n) is 3.52. The Bertz CT molecular complexity index is 431. The van der Waals surface area contributed by atoms with Gasteiger partial charge in [0.1, 0.15) is 17.3 Å². The lowest BCUT2D eigenvalue weighted by molar-refractivity contribution is 0.0170. The molecule has 2 heterocycles. The third-order valence-corrected chi connectivity index (χ3v) is 3.52. The first-order valence-electron chi connectivity index (χ1n) is 5.91. The summed E-state index contributed by atoms with van der Waals surface area (Å²) in [6.45, 7) is 2.12. The van der Waals surface area contributed by atoms with Crippen LogP contribution in [-0.4, -0.2) is 12.3 Å². The number of fused-ring (bicyclic) bond motifs is 1.